The molecule has 0 aliphatic carbocycles. The van der Waals surface area contributed by atoms with Crippen LogP contribution >= 0.6 is 0 Å². The van der Waals surface area contributed by atoms with Crippen molar-refractivity contribution in [2.24, 2.45) is 0 Å². The predicted octanol–water partition coefficient (Wildman–Crippen LogP) is 1.63. The van der Waals surface area contributed by atoms with Crippen LogP contribution in [0.5, 0.6) is 17.2 Å². The summed E-state index contributed by atoms with van der Waals surface area (Å²) in [5.41, 5.74) is 0.716. The van der Waals surface area contributed by atoms with Gasteiger partial charge in [-0.15, -0.1) is 0 Å². The van der Waals surface area contributed by atoms with Gasteiger partial charge in [-0.25, -0.2) is 0 Å². The SMILES string of the molecule is C=C(NC)C(=O)c1cc(OC)c(OC)c(OC)c1. The summed E-state index contributed by atoms with van der Waals surface area (Å²) < 4.78 is 15.5. The van der Waals surface area contributed by atoms with Gasteiger partial charge in [0, 0.05) is 12.6 Å². The molecule has 5 nitrogen and oxygen atoms in total. The van der Waals surface area contributed by atoms with Crippen LogP contribution in [0.4, 0.5) is 0 Å². The molecule has 1 aromatic rings. The van der Waals surface area contributed by atoms with Crippen LogP contribution in [0, 0.1) is 0 Å². The molecule has 0 radical (unpaired) electrons. The standard InChI is InChI=1S/C13H17NO4/c1-8(14-2)12(15)9-6-10(16-3)13(18-5)11(7-9)17-4/h6-7,14H,1H2,2-5H3. The van der Waals surface area contributed by atoms with Crippen LogP contribution in [0.25, 0.3) is 0 Å². The van der Waals surface area contributed by atoms with Crippen molar-refractivity contribution < 1.29 is 19.0 Å². The average Bonchev–Trinajstić information content (AvgIpc) is 2.43. The van der Waals surface area contributed by atoms with Crippen molar-refractivity contribution in [3.8, 4) is 17.2 Å². The smallest absolute Gasteiger partial charge is 0.208 e. The lowest BCUT2D eigenvalue weighted by Gasteiger charge is -2.14. The molecule has 0 heterocycles. The first kappa shape index (κ1) is 13.9. The second-order valence-corrected chi connectivity index (χ2v) is 3.47. The topological polar surface area (TPSA) is 56.8 Å². The van der Waals surface area contributed by atoms with Crippen molar-refractivity contribution in [2.75, 3.05) is 28.4 Å². The van der Waals surface area contributed by atoms with Gasteiger partial charge in [-0.05, 0) is 12.1 Å². The van der Waals surface area contributed by atoms with E-state index in [0.29, 0.717) is 28.5 Å². The largest absolute Gasteiger partial charge is 0.493 e. The summed E-state index contributed by atoms with van der Waals surface area (Å²) in [7, 11) is 6.14. The molecule has 1 N–H and O–H groups in total. The van der Waals surface area contributed by atoms with E-state index < -0.39 is 0 Å². The van der Waals surface area contributed by atoms with Gasteiger partial charge >= 0.3 is 0 Å². The Bertz CT molecular complexity index is 443. The summed E-state index contributed by atoms with van der Waals surface area (Å²) in [6.07, 6.45) is 0. The van der Waals surface area contributed by atoms with Gasteiger partial charge in [0.1, 0.15) is 0 Å². The molecule has 0 saturated heterocycles. The van der Waals surface area contributed by atoms with Crippen LogP contribution in [-0.4, -0.2) is 34.2 Å². The number of hydrogen-bond acceptors (Lipinski definition) is 5. The van der Waals surface area contributed by atoms with Crippen LogP contribution in [0.15, 0.2) is 24.4 Å². The molecule has 0 aliphatic rings. The molecular weight excluding hydrogens is 234 g/mol. The minimum absolute atomic E-state index is 0.225. The van der Waals surface area contributed by atoms with E-state index in [1.165, 1.54) is 21.3 Å². The summed E-state index contributed by atoms with van der Waals surface area (Å²) in [6.45, 7) is 3.63. The fraction of sp³-hybridized carbons (Fsp3) is 0.308. The van der Waals surface area contributed by atoms with E-state index in [0.717, 1.165) is 0 Å². The predicted molar refractivity (Wildman–Crippen MR) is 68.6 cm³/mol. The van der Waals surface area contributed by atoms with Gasteiger partial charge < -0.3 is 19.5 Å². The molecule has 1 rings (SSSR count). The molecule has 0 spiro atoms. The van der Waals surface area contributed by atoms with Gasteiger partial charge in [-0.2, -0.15) is 0 Å². The van der Waals surface area contributed by atoms with Crippen molar-refractivity contribution in [2.45, 2.75) is 0 Å². The van der Waals surface area contributed by atoms with Gasteiger partial charge in [0.05, 0.1) is 27.0 Å². The minimum Gasteiger partial charge on any atom is -0.493 e. The molecule has 0 amide bonds. The van der Waals surface area contributed by atoms with Crippen molar-refractivity contribution >= 4 is 5.78 Å². The minimum atomic E-state index is -0.225. The first-order chi connectivity index (χ1) is 8.58. The number of benzene rings is 1. The lowest BCUT2D eigenvalue weighted by atomic mass is 10.1. The first-order valence-corrected chi connectivity index (χ1v) is 5.30. The molecule has 0 aliphatic heterocycles. The first-order valence-electron chi connectivity index (χ1n) is 5.30. The van der Waals surface area contributed by atoms with Gasteiger partial charge in [-0.1, -0.05) is 6.58 Å². The van der Waals surface area contributed by atoms with E-state index in [2.05, 4.69) is 11.9 Å². The van der Waals surface area contributed by atoms with E-state index in [9.17, 15) is 4.79 Å². The zero-order chi connectivity index (χ0) is 13.7. The number of Topliss-reactive ketones (excluding diaryl/α,β-unsaturated/α-hetero) is 1. The Morgan fingerprint density at radius 1 is 1.11 bits per heavy atom. The van der Waals surface area contributed by atoms with E-state index >= 15 is 0 Å². The molecule has 1 aromatic carbocycles. The molecular formula is C13H17NO4. The van der Waals surface area contributed by atoms with Crippen LogP contribution in [-0.2, 0) is 0 Å². The Hall–Kier alpha value is -2.17. The Morgan fingerprint density at radius 2 is 1.61 bits per heavy atom. The van der Waals surface area contributed by atoms with Crippen molar-refractivity contribution in [3.63, 3.8) is 0 Å². The zero-order valence-corrected chi connectivity index (χ0v) is 11.0. The fourth-order valence-electron chi connectivity index (χ4n) is 1.50. The number of rotatable bonds is 6. The number of hydrogen-bond donors (Lipinski definition) is 1. The molecule has 0 atom stereocenters. The van der Waals surface area contributed by atoms with E-state index in [1.54, 1.807) is 19.2 Å². The normalized spacial score (nSPS) is 9.56. The Kier molecular flexibility index (Phi) is 4.59. The van der Waals surface area contributed by atoms with Gasteiger partial charge in [0.2, 0.25) is 11.5 Å². The summed E-state index contributed by atoms with van der Waals surface area (Å²) in [5, 5.41) is 2.71. The maximum Gasteiger partial charge on any atom is 0.208 e. The second kappa shape index (κ2) is 5.95. The second-order valence-electron chi connectivity index (χ2n) is 3.47. The maximum absolute atomic E-state index is 12.0. The molecule has 0 aromatic heterocycles. The number of likely N-dealkylation sites (N-methyl/N-ethyl adjacent to an activating group) is 1. The summed E-state index contributed by atoms with van der Waals surface area (Å²) in [6, 6.07) is 3.18. The van der Waals surface area contributed by atoms with Crippen LogP contribution in [0.1, 0.15) is 10.4 Å². The number of carbonyl (C=O) groups excluding carboxylic acids is 1. The Labute approximate surface area is 106 Å². The van der Waals surface area contributed by atoms with Crippen LogP contribution in [0.3, 0.4) is 0 Å². The molecule has 0 unspecified atom stereocenters. The lowest BCUT2D eigenvalue weighted by Crippen LogP contribution is -2.15. The third-order valence-electron chi connectivity index (χ3n) is 2.50. The van der Waals surface area contributed by atoms with Gasteiger partial charge in [0.15, 0.2) is 11.5 Å². The number of ketones is 1. The summed E-state index contributed by atoms with van der Waals surface area (Å²) in [4.78, 5) is 12.0. The third-order valence-corrected chi connectivity index (χ3v) is 2.50. The monoisotopic (exact) mass is 251 g/mol. The molecule has 98 valence electrons. The van der Waals surface area contributed by atoms with Crippen LogP contribution < -0.4 is 19.5 Å². The Balaban J connectivity index is 3.31. The Morgan fingerprint density at radius 3 is 1.94 bits per heavy atom. The average molecular weight is 251 g/mol. The highest BCUT2D eigenvalue weighted by atomic mass is 16.5. The maximum atomic E-state index is 12.0. The number of nitrogens with one attached hydrogen (secondary N) is 1. The van der Waals surface area contributed by atoms with Crippen molar-refractivity contribution in [1.82, 2.24) is 5.32 Å². The van der Waals surface area contributed by atoms with Gasteiger partial charge in [0.25, 0.3) is 0 Å². The van der Waals surface area contributed by atoms with E-state index in [-0.39, 0.29) is 5.78 Å². The highest BCUT2D eigenvalue weighted by Crippen LogP contribution is 2.38. The molecule has 5 heteroatoms. The number of methoxy groups -OCH3 is 3. The number of carbonyl (C=O) groups is 1. The molecule has 0 bridgehead atoms. The summed E-state index contributed by atoms with van der Waals surface area (Å²) >= 11 is 0. The highest BCUT2D eigenvalue weighted by Gasteiger charge is 2.17. The van der Waals surface area contributed by atoms with Crippen LogP contribution in [0.2, 0.25) is 0 Å². The molecule has 0 saturated carbocycles. The molecule has 18 heavy (non-hydrogen) atoms. The van der Waals surface area contributed by atoms with E-state index in [4.69, 9.17) is 14.2 Å². The zero-order valence-electron chi connectivity index (χ0n) is 11.0. The van der Waals surface area contributed by atoms with E-state index in [1.807, 2.05) is 0 Å². The van der Waals surface area contributed by atoms with Crippen molar-refractivity contribution in [1.29, 1.82) is 0 Å². The lowest BCUT2D eigenvalue weighted by molar-refractivity contribution is 0.102. The fourth-order valence-corrected chi connectivity index (χ4v) is 1.50. The summed E-state index contributed by atoms with van der Waals surface area (Å²) in [5.74, 6) is 1.09. The molecule has 0 fully saturated rings. The number of ether oxygens (including phenoxy) is 3. The highest BCUT2D eigenvalue weighted by molar-refractivity contribution is 6.08. The quantitative estimate of drug-likeness (QED) is 0.615. The number of allylic oxidation sites excluding steroid dienone is 1. The van der Waals surface area contributed by atoms with Crippen molar-refractivity contribution in [3.05, 3.63) is 30.0 Å². The van der Waals surface area contributed by atoms with Gasteiger partial charge in [-0.3, -0.25) is 4.79 Å². The third kappa shape index (κ3) is 2.56.